The van der Waals surface area contributed by atoms with Gasteiger partial charge < -0.3 is 4.74 Å². The highest BCUT2D eigenvalue weighted by Crippen LogP contribution is 2.13. The first-order valence-electron chi connectivity index (χ1n) is 5.00. The van der Waals surface area contributed by atoms with Crippen molar-refractivity contribution in [1.82, 2.24) is 10.2 Å². The largest absolute Gasteiger partial charge is 0.472 e. The molecule has 0 spiro atoms. The molecule has 1 heterocycles. The van der Waals surface area contributed by atoms with Crippen LogP contribution in [0.15, 0.2) is 36.4 Å². The van der Waals surface area contributed by atoms with Gasteiger partial charge >= 0.3 is 0 Å². The van der Waals surface area contributed by atoms with Crippen molar-refractivity contribution < 1.29 is 14.1 Å². The van der Waals surface area contributed by atoms with Crippen molar-refractivity contribution in [2.24, 2.45) is 0 Å². The Labute approximate surface area is 101 Å². The second-order valence-corrected chi connectivity index (χ2v) is 3.41. The lowest BCUT2D eigenvalue weighted by Gasteiger charge is -2.03. The van der Waals surface area contributed by atoms with Gasteiger partial charge in [0.15, 0.2) is 0 Å². The predicted octanol–water partition coefficient (Wildman–Crippen LogP) is 2.10. The maximum atomic E-state index is 12.5. The molecule has 0 aliphatic heterocycles. The minimum Gasteiger partial charge on any atom is -0.472 e. The molecule has 0 saturated carbocycles. The highest BCUT2D eigenvalue weighted by molar-refractivity contribution is 5.32. The van der Waals surface area contributed by atoms with E-state index in [9.17, 15) is 14.5 Å². The molecular formula is C11H8FN3O3. The van der Waals surface area contributed by atoms with Gasteiger partial charge in [0, 0.05) is 24.3 Å². The van der Waals surface area contributed by atoms with Gasteiger partial charge in [0.25, 0.3) is 5.69 Å². The van der Waals surface area contributed by atoms with Crippen LogP contribution in [0.5, 0.6) is 5.88 Å². The van der Waals surface area contributed by atoms with Crippen LogP contribution in [-0.4, -0.2) is 15.1 Å². The van der Waals surface area contributed by atoms with E-state index >= 15 is 0 Å². The number of ether oxygens (including phenoxy) is 1. The Morgan fingerprint density at radius 1 is 1.17 bits per heavy atom. The maximum Gasteiger partial charge on any atom is 0.269 e. The average Bonchev–Trinajstić information content (AvgIpc) is 2.38. The molecule has 18 heavy (non-hydrogen) atoms. The molecule has 0 amide bonds. The van der Waals surface area contributed by atoms with E-state index in [1.165, 1.54) is 18.2 Å². The van der Waals surface area contributed by atoms with E-state index < -0.39 is 10.9 Å². The minimum atomic E-state index is -0.683. The topological polar surface area (TPSA) is 78.2 Å². The Morgan fingerprint density at radius 2 is 1.89 bits per heavy atom. The third kappa shape index (κ3) is 2.97. The number of aromatic nitrogens is 2. The molecule has 0 bridgehead atoms. The number of hydrogen-bond acceptors (Lipinski definition) is 5. The molecule has 0 saturated heterocycles. The third-order valence-corrected chi connectivity index (χ3v) is 2.14. The molecule has 92 valence electrons. The molecule has 2 aromatic rings. The summed E-state index contributed by atoms with van der Waals surface area (Å²) in [6, 6.07) is 8.42. The van der Waals surface area contributed by atoms with Gasteiger partial charge in [-0.05, 0) is 17.7 Å². The first-order valence-corrected chi connectivity index (χ1v) is 5.00. The van der Waals surface area contributed by atoms with Gasteiger partial charge in [-0.3, -0.25) is 10.1 Å². The molecule has 6 nitrogen and oxygen atoms in total. The zero-order chi connectivity index (χ0) is 13.0. The summed E-state index contributed by atoms with van der Waals surface area (Å²) in [6.07, 6.45) is 0. The second kappa shape index (κ2) is 5.17. The van der Waals surface area contributed by atoms with Crippen molar-refractivity contribution in [2.75, 3.05) is 0 Å². The van der Waals surface area contributed by atoms with E-state index in [-0.39, 0.29) is 18.2 Å². The number of non-ortho nitro benzene ring substituents is 1. The number of hydrogen-bond donors (Lipinski definition) is 0. The summed E-state index contributed by atoms with van der Waals surface area (Å²) < 4.78 is 17.7. The molecule has 0 aliphatic rings. The molecule has 1 aromatic carbocycles. The third-order valence-electron chi connectivity index (χ3n) is 2.14. The molecule has 2 rings (SSSR count). The Kier molecular flexibility index (Phi) is 3.42. The first kappa shape index (κ1) is 11.9. The van der Waals surface area contributed by atoms with E-state index in [0.29, 0.717) is 0 Å². The predicted molar refractivity (Wildman–Crippen MR) is 59.4 cm³/mol. The van der Waals surface area contributed by atoms with Crippen molar-refractivity contribution in [2.45, 2.75) is 6.61 Å². The number of halogens is 1. The Balaban J connectivity index is 1.97. The van der Waals surface area contributed by atoms with E-state index in [4.69, 9.17) is 4.74 Å². The number of nitro benzene ring substituents is 1. The molecule has 0 aliphatic carbocycles. The summed E-state index contributed by atoms with van der Waals surface area (Å²) in [5.41, 5.74) is 0.757. The molecule has 0 atom stereocenters. The van der Waals surface area contributed by atoms with Gasteiger partial charge in [-0.25, -0.2) is 0 Å². The fourth-order valence-corrected chi connectivity index (χ4v) is 1.25. The van der Waals surface area contributed by atoms with Crippen LogP contribution in [-0.2, 0) is 6.61 Å². The SMILES string of the molecule is O=[N+]([O-])c1ccc(COc2ccc(F)nn2)cc1. The van der Waals surface area contributed by atoms with Gasteiger partial charge in [-0.15, -0.1) is 10.2 Å². The van der Waals surface area contributed by atoms with Crippen molar-refractivity contribution >= 4 is 5.69 Å². The van der Waals surface area contributed by atoms with Gasteiger partial charge in [0.1, 0.15) is 6.61 Å². The van der Waals surface area contributed by atoms with Crippen LogP contribution in [0.3, 0.4) is 0 Å². The van der Waals surface area contributed by atoms with E-state index in [1.807, 2.05) is 0 Å². The van der Waals surface area contributed by atoms with Crippen LogP contribution in [0, 0.1) is 16.1 Å². The van der Waals surface area contributed by atoms with Crippen molar-refractivity contribution in [3.8, 4) is 5.88 Å². The lowest BCUT2D eigenvalue weighted by atomic mass is 10.2. The van der Waals surface area contributed by atoms with E-state index in [0.717, 1.165) is 11.6 Å². The van der Waals surface area contributed by atoms with Crippen LogP contribution < -0.4 is 4.74 Å². The molecule has 0 unspecified atom stereocenters. The highest BCUT2D eigenvalue weighted by atomic mass is 19.1. The van der Waals surface area contributed by atoms with Crippen LogP contribution in [0.2, 0.25) is 0 Å². The maximum absolute atomic E-state index is 12.5. The monoisotopic (exact) mass is 249 g/mol. The van der Waals surface area contributed by atoms with Crippen molar-refractivity contribution in [1.29, 1.82) is 0 Å². The smallest absolute Gasteiger partial charge is 0.269 e. The van der Waals surface area contributed by atoms with E-state index in [2.05, 4.69) is 10.2 Å². The van der Waals surface area contributed by atoms with Gasteiger partial charge in [0.2, 0.25) is 11.8 Å². The summed E-state index contributed by atoms with van der Waals surface area (Å²) in [5.74, 6) is -0.493. The quantitative estimate of drug-likeness (QED) is 0.612. The molecular weight excluding hydrogens is 241 g/mol. The van der Waals surface area contributed by atoms with E-state index in [1.54, 1.807) is 12.1 Å². The molecule has 1 aromatic heterocycles. The summed E-state index contributed by atoms with van der Waals surface area (Å²) in [6.45, 7) is 0.179. The Hall–Kier alpha value is -2.57. The second-order valence-electron chi connectivity index (χ2n) is 3.41. The fraction of sp³-hybridized carbons (Fsp3) is 0.0909. The lowest BCUT2D eigenvalue weighted by Crippen LogP contribution is -1.99. The molecule has 7 heteroatoms. The zero-order valence-electron chi connectivity index (χ0n) is 9.12. The molecule has 0 radical (unpaired) electrons. The van der Waals surface area contributed by atoms with Crippen LogP contribution in [0.1, 0.15) is 5.56 Å². The lowest BCUT2D eigenvalue weighted by molar-refractivity contribution is -0.384. The minimum absolute atomic E-state index is 0.0142. The van der Waals surface area contributed by atoms with Gasteiger partial charge in [-0.1, -0.05) is 0 Å². The highest BCUT2D eigenvalue weighted by Gasteiger charge is 2.04. The zero-order valence-corrected chi connectivity index (χ0v) is 9.12. The summed E-state index contributed by atoms with van der Waals surface area (Å²) in [4.78, 5) is 9.97. The van der Waals surface area contributed by atoms with Crippen molar-refractivity contribution in [3.63, 3.8) is 0 Å². The number of benzene rings is 1. The number of rotatable bonds is 4. The normalized spacial score (nSPS) is 10.1. The summed E-state index contributed by atoms with van der Waals surface area (Å²) >= 11 is 0. The Bertz CT molecular complexity index is 542. The van der Waals surface area contributed by atoms with Crippen molar-refractivity contribution in [3.05, 3.63) is 58.0 Å². The summed E-state index contributed by atoms with van der Waals surface area (Å²) in [5, 5.41) is 17.1. The summed E-state index contributed by atoms with van der Waals surface area (Å²) in [7, 11) is 0. The average molecular weight is 249 g/mol. The van der Waals surface area contributed by atoms with Crippen LogP contribution >= 0.6 is 0 Å². The van der Waals surface area contributed by atoms with Gasteiger partial charge in [-0.2, -0.15) is 4.39 Å². The van der Waals surface area contributed by atoms with Crippen LogP contribution in [0.25, 0.3) is 0 Å². The molecule has 0 N–H and O–H groups in total. The van der Waals surface area contributed by atoms with Gasteiger partial charge in [0.05, 0.1) is 4.92 Å². The number of nitro groups is 1. The number of nitrogens with zero attached hydrogens (tertiary/aromatic N) is 3. The fourth-order valence-electron chi connectivity index (χ4n) is 1.25. The van der Waals surface area contributed by atoms with Crippen LogP contribution in [0.4, 0.5) is 10.1 Å². The molecule has 0 fully saturated rings. The Morgan fingerprint density at radius 3 is 2.44 bits per heavy atom. The standard InChI is InChI=1S/C11H8FN3O3/c12-10-5-6-11(14-13-10)18-7-8-1-3-9(4-2-8)15(16)17/h1-6H,7H2. The first-order chi connectivity index (χ1) is 8.65.